The summed E-state index contributed by atoms with van der Waals surface area (Å²) in [6.07, 6.45) is 3.51. The highest BCUT2D eigenvalue weighted by Gasteiger charge is 2.10. The van der Waals surface area contributed by atoms with Crippen molar-refractivity contribution in [2.24, 2.45) is 7.05 Å². The SMILES string of the molecule is CCCc1nnc(NC(=O)CSc2nncn2C)s1. The van der Waals surface area contributed by atoms with Crippen molar-refractivity contribution in [1.29, 1.82) is 0 Å². The molecule has 7 nitrogen and oxygen atoms in total. The largest absolute Gasteiger partial charge is 0.312 e. The lowest BCUT2D eigenvalue weighted by Gasteiger charge is -2.00. The van der Waals surface area contributed by atoms with Gasteiger partial charge in [-0.3, -0.25) is 10.1 Å². The van der Waals surface area contributed by atoms with E-state index >= 15 is 0 Å². The van der Waals surface area contributed by atoms with Crippen LogP contribution in [0, 0.1) is 0 Å². The third-order valence-electron chi connectivity index (χ3n) is 2.18. The molecule has 2 heterocycles. The minimum Gasteiger partial charge on any atom is -0.312 e. The van der Waals surface area contributed by atoms with E-state index in [2.05, 4.69) is 32.6 Å². The number of carbonyl (C=O) groups is 1. The molecule has 1 N–H and O–H groups in total. The number of aryl methyl sites for hydroxylation is 2. The molecule has 0 aromatic carbocycles. The second-order valence-corrected chi connectivity index (χ2v) is 5.82. The Hall–Kier alpha value is -1.48. The average Bonchev–Trinajstić information content (AvgIpc) is 2.97. The topological polar surface area (TPSA) is 85.6 Å². The lowest BCUT2D eigenvalue weighted by Crippen LogP contribution is -2.14. The molecular weight excluding hydrogens is 284 g/mol. The van der Waals surface area contributed by atoms with E-state index in [-0.39, 0.29) is 11.7 Å². The molecule has 19 heavy (non-hydrogen) atoms. The molecule has 0 aliphatic carbocycles. The zero-order valence-corrected chi connectivity index (χ0v) is 12.3. The summed E-state index contributed by atoms with van der Waals surface area (Å²) in [5.41, 5.74) is 0. The van der Waals surface area contributed by atoms with E-state index in [1.165, 1.54) is 23.1 Å². The summed E-state index contributed by atoms with van der Waals surface area (Å²) < 4.78 is 1.77. The minimum absolute atomic E-state index is 0.118. The Labute approximate surface area is 118 Å². The maximum atomic E-state index is 11.7. The van der Waals surface area contributed by atoms with Crippen molar-refractivity contribution in [2.45, 2.75) is 24.9 Å². The molecule has 0 bridgehead atoms. The summed E-state index contributed by atoms with van der Waals surface area (Å²) in [6.45, 7) is 2.08. The zero-order chi connectivity index (χ0) is 13.7. The van der Waals surface area contributed by atoms with Crippen LogP contribution in [0.3, 0.4) is 0 Å². The molecule has 102 valence electrons. The van der Waals surface area contributed by atoms with Gasteiger partial charge >= 0.3 is 0 Å². The van der Waals surface area contributed by atoms with Crippen LogP contribution in [0.2, 0.25) is 0 Å². The number of amides is 1. The van der Waals surface area contributed by atoms with Crippen molar-refractivity contribution in [1.82, 2.24) is 25.0 Å². The first-order valence-corrected chi connectivity index (χ1v) is 7.58. The minimum atomic E-state index is -0.118. The van der Waals surface area contributed by atoms with Gasteiger partial charge in [-0.25, -0.2) is 0 Å². The predicted molar refractivity (Wildman–Crippen MR) is 74.3 cm³/mol. The number of nitrogens with zero attached hydrogens (tertiary/aromatic N) is 5. The van der Waals surface area contributed by atoms with Crippen molar-refractivity contribution in [3.8, 4) is 0 Å². The standard InChI is InChI=1S/C10H14N6OS2/c1-3-4-8-13-14-9(19-8)12-7(17)5-18-10-15-11-6-16(10)2/h6H,3-5H2,1-2H3,(H,12,14,17). The number of nitrogens with one attached hydrogen (secondary N) is 1. The van der Waals surface area contributed by atoms with E-state index in [1.54, 1.807) is 10.9 Å². The van der Waals surface area contributed by atoms with Crippen LogP contribution in [0.15, 0.2) is 11.5 Å². The van der Waals surface area contributed by atoms with E-state index in [1.807, 2.05) is 7.05 Å². The van der Waals surface area contributed by atoms with Crippen LogP contribution in [0.1, 0.15) is 18.4 Å². The lowest BCUT2D eigenvalue weighted by atomic mass is 10.4. The van der Waals surface area contributed by atoms with Gasteiger partial charge in [0.05, 0.1) is 5.75 Å². The van der Waals surface area contributed by atoms with Crippen molar-refractivity contribution in [3.05, 3.63) is 11.3 Å². The number of rotatable bonds is 6. The molecule has 0 fully saturated rings. The molecule has 0 atom stereocenters. The van der Waals surface area contributed by atoms with Crippen molar-refractivity contribution in [3.63, 3.8) is 0 Å². The first-order chi connectivity index (χ1) is 9.19. The van der Waals surface area contributed by atoms with E-state index in [4.69, 9.17) is 0 Å². The number of hydrogen-bond donors (Lipinski definition) is 1. The Morgan fingerprint density at radius 1 is 1.47 bits per heavy atom. The predicted octanol–water partition coefficient (Wildman–Crippen LogP) is 1.35. The Kier molecular flexibility index (Phi) is 4.86. The van der Waals surface area contributed by atoms with Crippen LogP contribution < -0.4 is 5.32 Å². The second kappa shape index (κ2) is 6.62. The fourth-order valence-electron chi connectivity index (χ4n) is 1.31. The average molecular weight is 298 g/mol. The molecule has 2 aromatic rings. The molecule has 9 heteroatoms. The molecule has 0 aliphatic heterocycles. The molecule has 2 aromatic heterocycles. The number of hydrogen-bond acceptors (Lipinski definition) is 7. The van der Waals surface area contributed by atoms with Crippen molar-refractivity contribution < 1.29 is 4.79 Å². The fourth-order valence-corrected chi connectivity index (χ4v) is 2.85. The second-order valence-electron chi connectivity index (χ2n) is 3.81. The van der Waals surface area contributed by atoms with Gasteiger partial charge in [-0.1, -0.05) is 30.0 Å². The third-order valence-corrected chi connectivity index (χ3v) is 4.11. The van der Waals surface area contributed by atoms with Crippen LogP contribution in [-0.4, -0.2) is 36.6 Å². The quantitative estimate of drug-likeness (QED) is 0.810. The first kappa shape index (κ1) is 13.9. The summed E-state index contributed by atoms with van der Waals surface area (Å²) in [4.78, 5) is 11.7. The Morgan fingerprint density at radius 2 is 2.32 bits per heavy atom. The molecular formula is C10H14N6OS2. The van der Waals surface area contributed by atoms with Gasteiger partial charge in [-0.2, -0.15) is 0 Å². The number of carbonyl (C=O) groups excluding carboxylic acids is 1. The lowest BCUT2D eigenvalue weighted by molar-refractivity contribution is -0.113. The van der Waals surface area contributed by atoms with Crippen LogP contribution in [0.25, 0.3) is 0 Å². The molecule has 0 radical (unpaired) electrons. The van der Waals surface area contributed by atoms with Crippen LogP contribution in [0.4, 0.5) is 5.13 Å². The van der Waals surface area contributed by atoms with E-state index in [9.17, 15) is 4.79 Å². The molecule has 0 saturated heterocycles. The smallest absolute Gasteiger partial charge is 0.236 e. The normalized spacial score (nSPS) is 10.6. The Balaban J connectivity index is 1.82. The third kappa shape index (κ3) is 4.00. The summed E-state index contributed by atoms with van der Waals surface area (Å²) >= 11 is 2.75. The summed E-state index contributed by atoms with van der Waals surface area (Å²) in [5.74, 6) is 0.155. The number of thioether (sulfide) groups is 1. The fraction of sp³-hybridized carbons (Fsp3) is 0.500. The van der Waals surface area contributed by atoms with Crippen LogP contribution >= 0.6 is 23.1 Å². The van der Waals surface area contributed by atoms with E-state index < -0.39 is 0 Å². The molecule has 0 spiro atoms. The van der Waals surface area contributed by atoms with Gasteiger partial charge < -0.3 is 4.57 Å². The van der Waals surface area contributed by atoms with Crippen LogP contribution in [0.5, 0.6) is 0 Å². The summed E-state index contributed by atoms with van der Waals surface area (Å²) in [6, 6.07) is 0. The van der Waals surface area contributed by atoms with Gasteiger partial charge in [0.25, 0.3) is 0 Å². The molecule has 2 rings (SSSR count). The maximum Gasteiger partial charge on any atom is 0.236 e. The van der Waals surface area contributed by atoms with Gasteiger partial charge in [0, 0.05) is 13.5 Å². The number of aromatic nitrogens is 5. The van der Waals surface area contributed by atoms with Gasteiger partial charge in [-0.15, -0.1) is 20.4 Å². The van der Waals surface area contributed by atoms with E-state index in [0.29, 0.717) is 10.3 Å². The molecule has 0 unspecified atom stereocenters. The Bertz CT molecular complexity index is 552. The summed E-state index contributed by atoms with van der Waals surface area (Å²) in [7, 11) is 1.84. The highest BCUT2D eigenvalue weighted by atomic mass is 32.2. The van der Waals surface area contributed by atoms with Crippen LogP contribution in [-0.2, 0) is 18.3 Å². The van der Waals surface area contributed by atoms with Crippen molar-refractivity contribution in [2.75, 3.05) is 11.1 Å². The molecule has 0 aliphatic rings. The van der Waals surface area contributed by atoms with Gasteiger partial charge in [0.1, 0.15) is 11.3 Å². The monoisotopic (exact) mass is 298 g/mol. The van der Waals surface area contributed by atoms with E-state index in [0.717, 1.165) is 17.8 Å². The highest BCUT2D eigenvalue weighted by molar-refractivity contribution is 7.99. The van der Waals surface area contributed by atoms with Gasteiger partial charge in [-0.05, 0) is 6.42 Å². The van der Waals surface area contributed by atoms with Gasteiger partial charge in [0.15, 0.2) is 5.16 Å². The number of anilines is 1. The molecule has 0 saturated carbocycles. The zero-order valence-electron chi connectivity index (χ0n) is 10.7. The maximum absolute atomic E-state index is 11.7. The van der Waals surface area contributed by atoms with Crippen molar-refractivity contribution >= 4 is 34.1 Å². The van der Waals surface area contributed by atoms with Gasteiger partial charge in [0.2, 0.25) is 11.0 Å². The summed E-state index contributed by atoms with van der Waals surface area (Å²) in [5, 5.41) is 20.5. The first-order valence-electron chi connectivity index (χ1n) is 5.78. The molecule has 1 amide bonds. The highest BCUT2D eigenvalue weighted by Crippen LogP contribution is 2.18. The Morgan fingerprint density at radius 3 is 3.00 bits per heavy atom.